The number of carbonyl (C=O) groups excluding carboxylic acids is 12. The smallest absolute Gasteiger partial charge is 0.305 e. The highest BCUT2D eigenvalue weighted by Crippen LogP contribution is 2.18. The summed E-state index contributed by atoms with van der Waals surface area (Å²) in [5, 5.41) is 59.5. The molecule has 25 N–H and O–H groups in total. The van der Waals surface area contributed by atoms with Crippen molar-refractivity contribution in [3.8, 4) is 0 Å². The zero-order chi connectivity index (χ0) is 64.1. The van der Waals surface area contributed by atoms with Gasteiger partial charge in [0.2, 0.25) is 65.0 Å². The van der Waals surface area contributed by atoms with Crippen LogP contribution in [0.15, 0.2) is 9.98 Å². The number of nitrogens with two attached hydrogens (primary N) is 6. The average molecular weight is 1200 g/mol. The summed E-state index contributed by atoms with van der Waals surface area (Å²) in [6.07, 6.45) is -2.88. The van der Waals surface area contributed by atoms with Gasteiger partial charge in [-0.3, -0.25) is 82.0 Å². The van der Waals surface area contributed by atoms with Crippen LogP contribution in [-0.4, -0.2) is 213 Å². The molecule has 12 amide bonds. The van der Waals surface area contributed by atoms with Gasteiger partial charge in [-0.15, -0.1) is 0 Å². The van der Waals surface area contributed by atoms with E-state index >= 15 is 0 Å². The van der Waals surface area contributed by atoms with Crippen molar-refractivity contribution >= 4 is 94.7 Å². The number of amides is 12. The van der Waals surface area contributed by atoms with Gasteiger partial charge < -0.3 is 103 Å². The Labute approximate surface area is 482 Å². The molecular weight excluding hydrogens is 1120 g/mol. The lowest BCUT2D eigenvalue weighted by Crippen LogP contribution is -2.61. The Hall–Kier alpha value is -8.80. The quantitative estimate of drug-likeness (QED) is 0.0118. The van der Waals surface area contributed by atoms with E-state index in [0.29, 0.717) is 30.7 Å². The summed E-state index contributed by atoms with van der Waals surface area (Å²) in [6, 6.07) is -15.0. The molecule has 0 aromatic heterocycles. The molecule has 1 heterocycles. The molecule has 1 aliphatic heterocycles. The van der Waals surface area contributed by atoms with Crippen molar-refractivity contribution in [2.24, 2.45) is 56.2 Å². The number of carboxylic acid groups (broad SMARTS) is 2. The number of nitrogens with one attached hydrogen (secondary N) is 9. The molecule has 84 heavy (non-hydrogen) atoms. The Morgan fingerprint density at radius 3 is 1.68 bits per heavy atom. The highest BCUT2D eigenvalue weighted by molar-refractivity contribution is 6.10. The normalized spacial score (nSPS) is 16.4. The second-order valence-corrected chi connectivity index (χ2v) is 20.1. The molecule has 11 atom stereocenters. The number of aliphatic carboxylic acids is 2. The average Bonchev–Trinajstić information content (AvgIpc) is 3.95. The summed E-state index contributed by atoms with van der Waals surface area (Å²) in [4.78, 5) is 190. The van der Waals surface area contributed by atoms with E-state index in [0.717, 1.165) is 13.8 Å². The number of hydrogen-bond acceptors (Lipinski definition) is 19. The molecular formula is C48H82N18O18. The number of rotatable bonds is 39. The van der Waals surface area contributed by atoms with Crippen LogP contribution in [-0.2, 0) is 67.1 Å². The molecule has 0 saturated carbocycles. The molecule has 0 bridgehead atoms. The molecule has 1 saturated heterocycles. The second-order valence-electron chi connectivity index (χ2n) is 20.1. The fourth-order valence-electron chi connectivity index (χ4n) is 7.89. The number of nitrogens with zero attached hydrogens (tertiary/aromatic N) is 3. The SMILES string of the molecule is CC(C)C[C@H](NC(=O)[C@@H](C)CCCCN)C(=O)N[C@@H](CCCN=C(N)N)C(=O)N[C@@H](CCC(=O)O)C(=O)N[C@H](C(=O)N[C@H]1CC(=O)N([C@@H](C)C(=O)NCC(=O)N[C@@H](CN=C(N)N)C(=O)N[C@@H](CO)C(=O)N[C@@H](CC(=O)O)C(N)=O)C1=O)[C@@H](C)O. The largest absolute Gasteiger partial charge is 0.481 e. The van der Waals surface area contributed by atoms with Crippen LogP contribution in [0.4, 0.5) is 0 Å². The van der Waals surface area contributed by atoms with Gasteiger partial charge in [0, 0.05) is 18.9 Å². The standard InChI is InChI=1S/C48H82N18O18/c1-21(2)15-28(62-38(76)22(3)9-6-7-13-49)42(80)59-25(10-8-14-55-47(51)52)40(78)60-26(11-12-34(71)72)41(79)65-36(24(5)68)45(83)63-29-16-33(70)66(46(29)84)23(4)39(77)56-19-32(69)58-30(18-57-48(53)54)43(81)64-31(20-67)44(82)61-27(37(50)75)17-35(73)74/h21-31,36,67-68H,6-20,49H2,1-5H3,(H2,50,75)(H,56,77)(H,58,69)(H,59,80)(H,60,78)(H,61,82)(H,62,76)(H,63,83)(H,64,81)(H,65,79)(H,71,72)(H,73,74)(H4,51,52,55)(H4,53,54,57)/t22-,23-,24+,25-,26-,27-,28-,29-,30-,31-,36-/m0/s1. The summed E-state index contributed by atoms with van der Waals surface area (Å²) in [5.41, 5.74) is 32.3. The van der Waals surface area contributed by atoms with E-state index in [9.17, 15) is 82.4 Å². The monoisotopic (exact) mass is 1200 g/mol. The predicted octanol–water partition coefficient (Wildman–Crippen LogP) is -9.54. The maximum absolute atomic E-state index is 14.0. The molecule has 1 rings (SSSR count). The van der Waals surface area contributed by atoms with E-state index < -0.39 is 201 Å². The number of hydrogen-bond donors (Lipinski definition) is 19. The third-order valence-corrected chi connectivity index (χ3v) is 12.5. The molecule has 0 aromatic rings. The lowest BCUT2D eigenvalue weighted by molar-refractivity contribution is -0.147. The number of imide groups is 1. The van der Waals surface area contributed by atoms with Crippen molar-refractivity contribution in [3.05, 3.63) is 0 Å². The highest BCUT2D eigenvalue weighted by atomic mass is 16.4. The van der Waals surface area contributed by atoms with Gasteiger partial charge >= 0.3 is 11.9 Å². The van der Waals surface area contributed by atoms with E-state index in [1.165, 1.54) is 0 Å². The van der Waals surface area contributed by atoms with Crippen LogP contribution >= 0.6 is 0 Å². The van der Waals surface area contributed by atoms with Gasteiger partial charge in [0.15, 0.2) is 11.9 Å². The fourth-order valence-corrected chi connectivity index (χ4v) is 7.89. The van der Waals surface area contributed by atoms with Crippen LogP contribution in [0, 0.1) is 11.8 Å². The molecule has 0 spiro atoms. The number of likely N-dealkylation sites (tertiary alicyclic amines) is 1. The van der Waals surface area contributed by atoms with Crippen LogP contribution in [0.5, 0.6) is 0 Å². The number of carboxylic acids is 2. The number of primary amides is 1. The second kappa shape index (κ2) is 36.6. The first-order chi connectivity index (χ1) is 39.2. The van der Waals surface area contributed by atoms with Crippen molar-refractivity contribution < 1.29 is 87.5 Å². The maximum atomic E-state index is 14.0. The minimum Gasteiger partial charge on any atom is -0.481 e. The van der Waals surface area contributed by atoms with Crippen LogP contribution in [0.2, 0.25) is 0 Å². The Kier molecular flexibility index (Phi) is 31.9. The van der Waals surface area contributed by atoms with E-state index in [2.05, 4.69) is 52.5 Å². The van der Waals surface area contributed by atoms with Crippen molar-refractivity contribution in [2.75, 3.05) is 32.8 Å². The molecule has 1 aliphatic rings. The molecule has 0 radical (unpaired) electrons. The molecule has 1 fully saturated rings. The van der Waals surface area contributed by atoms with Gasteiger partial charge in [0.1, 0.15) is 54.4 Å². The number of guanidine groups is 2. The van der Waals surface area contributed by atoms with Crippen LogP contribution < -0.4 is 82.3 Å². The summed E-state index contributed by atoms with van der Waals surface area (Å²) < 4.78 is 0. The van der Waals surface area contributed by atoms with Crippen LogP contribution in [0.25, 0.3) is 0 Å². The molecule has 472 valence electrons. The first kappa shape index (κ1) is 73.2. The summed E-state index contributed by atoms with van der Waals surface area (Å²) >= 11 is 0. The predicted molar refractivity (Wildman–Crippen MR) is 294 cm³/mol. The van der Waals surface area contributed by atoms with E-state index in [1.807, 2.05) is 5.32 Å². The van der Waals surface area contributed by atoms with Crippen LogP contribution in [0.3, 0.4) is 0 Å². The van der Waals surface area contributed by atoms with E-state index in [1.54, 1.807) is 20.8 Å². The highest BCUT2D eigenvalue weighted by Gasteiger charge is 2.45. The third kappa shape index (κ3) is 26.4. The van der Waals surface area contributed by atoms with Crippen molar-refractivity contribution in [2.45, 2.75) is 159 Å². The van der Waals surface area contributed by atoms with Gasteiger partial charge in [0.25, 0.3) is 5.91 Å². The summed E-state index contributed by atoms with van der Waals surface area (Å²) in [6.45, 7) is 5.08. The molecule has 0 unspecified atom stereocenters. The Morgan fingerprint density at radius 2 is 1.14 bits per heavy atom. The Morgan fingerprint density at radius 1 is 0.607 bits per heavy atom. The summed E-state index contributed by atoms with van der Waals surface area (Å²) in [5.74, 6) is -17.2. The Balaban J connectivity index is 3.26. The lowest BCUT2D eigenvalue weighted by atomic mass is 9.99. The number of aliphatic hydroxyl groups is 2. The van der Waals surface area contributed by atoms with E-state index in [-0.39, 0.29) is 37.7 Å². The molecule has 0 aromatic carbocycles. The number of aliphatic imine (C=N–C) groups is 2. The van der Waals surface area contributed by atoms with Gasteiger partial charge in [0.05, 0.1) is 38.6 Å². The number of aliphatic hydroxyl groups excluding tert-OH is 2. The fraction of sp³-hybridized carbons (Fsp3) is 0.667. The third-order valence-electron chi connectivity index (χ3n) is 12.5. The molecule has 36 nitrogen and oxygen atoms in total. The maximum Gasteiger partial charge on any atom is 0.305 e. The zero-order valence-electron chi connectivity index (χ0n) is 47.3. The summed E-state index contributed by atoms with van der Waals surface area (Å²) in [7, 11) is 0. The Bertz CT molecular complexity index is 2430. The molecule has 0 aliphatic carbocycles. The van der Waals surface area contributed by atoms with E-state index in [4.69, 9.17) is 39.5 Å². The van der Waals surface area contributed by atoms with Crippen LogP contribution in [0.1, 0.15) is 98.8 Å². The number of unbranched alkanes of at least 4 members (excludes halogenated alkanes) is 1. The van der Waals surface area contributed by atoms with Crippen molar-refractivity contribution in [1.82, 2.24) is 52.8 Å². The zero-order valence-corrected chi connectivity index (χ0v) is 47.3. The topological polar surface area (TPSA) is 612 Å². The molecule has 36 heteroatoms. The lowest BCUT2D eigenvalue weighted by Gasteiger charge is -2.28. The van der Waals surface area contributed by atoms with Gasteiger partial charge in [-0.25, -0.2) is 0 Å². The number of carbonyl (C=O) groups is 14. The van der Waals surface area contributed by atoms with Gasteiger partial charge in [-0.05, 0) is 64.8 Å². The minimum absolute atomic E-state index is 0.0141. The van der Waals surface area contributed by atoms with Crippen molar-refractivity contribution in [1.29, 1.82) is 0 Å². The first-order valence-corrected chi connectivity index (χ1v) is 26.6. The minimum atomic E-state index is -1.95. The van der Waals surface area contributed by atoms with Gasteiger partial charge in [-0.2, -0.15) is 0 Å². The first-order valence-electron chi connectivity index (χ1n) is 26.6. The van der Waals surface area contributed by atoms with Crippen molar-refractivity contribution in [3.63, 3.8) is 0 Å². The van der Waals surface area contributed by atoms with Gasteiger partial charge in [-0.1, -0.05) is 27.2 Å².